The van der Waals surface area contributed by atoms with E-state index in [0.29, 0.717) is 23.5 Å². The molecule has 38 heavy (non-hydrogen) atoms. The highest BCUT2D eigenvalue weighted by molar-refractivity contribution is 7.89. The zero-order chi connectivity index (χ0) is 27.0. The third-order valence-corrected chi connectivity index (χ3v) is 9.18. The fraction of sp³-hybridized carbons (Fsp3) is 0.520. The second-order valence-corrected chi connectivity index (χ2v) is 11.5. The van der Waals surface area contributed by atoms with Gasteiger partial charge in [-0.05, 0) is 49.7 Å². The number of anilines is 1. The minimum absolute atomic E-state index is 0. The van der Waals surface area contributed by atoms with E-state index >= 15 is 0 Å². The minimum atomic E-state index is -3.80. The summed E-state index contributed by atoms with van der Waals surface area (Å²) in [5.41, 5.74) is 1.62. The summed E-state index contributed by atoms with van der Waals surface area (Å²) in [6, 6.07) is 5.73. The number of halogens is 1. The summed E-state index contributed by atoms with van der Waals surface area (Å²) in [6.45, 7) is 7.37. The normalized spacial score (nSPS) is 13.6. The number of rotatable bonds is 13. The first-order valence-corrected chi connectivity index (χ1v) is 14.5. The number of nitrogens with zero attached hydrogens (tertiary/aromatic N) is 2. The largest absolute Gasteiger partial charge is 0.462 e. The molecule has 0 radical (unpaired) electrons. The number of fused-ring (bicyclic) bond motifs is 1. The Labute approximate surface area is 234 Å². The van der Waals surface area contributed by atoms with E-state index in [9.17, 15) is 18.0 Å². The van der Waals surface area contributed by atoms with E-state index in [1.807, 2.05) is 0 Å². The lowest BCUT2D eigenvalue weighted by Crippen LogP contribution is -2.36. The molecule has 2 heterocycles. The van der Waals surface area contributed by atoms with Crippen LogP contribution in [0.3, 0.4) is 0 Å². The number of nitrogens with one attached hydrogen (secondary N) is 1. The number of hydrogen-bond donors (Lipinski definition) is 1. The van der Waals surface area contributed by atoms with Crippen LogP contribution < -0.4 is 5.32 Å². The SMILES string of the molecule is CCOC(=O)c1c(NC(=O)c2ccc(S(=O)(=O)N(CCOC)CCOC)cc2)sc2c1CCN(CC)C2.Cl. The average molecular weight is 590 g/mol. The van der Waals surface area contributed by atoms with Gasteiger partial charge in [0.15, 0.2) is 0 Å². The van der Waals surface area contributed by atoms with Crippen molar-refractivity contribution in [2.24, 2.45) is 0 Å². The topological polar surface area (TPSA) is 114 Å². The molecule has 1 aliphatic heterocycles. The third-order valence-electron chi connectivity index (χ3n) is 6.13. The number of benzene rings is 1. The highest BCUT2D eigenvalue weighted by Gasteiger charge is 2.30. The van der Waals surface area contributed by atoms with Gasteiger partial charge in [0.2, 0.25) is 10.0 Å². The summed E-state index contributed by atoms with van der Waals surface area (Å²) in [6.07, 6.45) is 0.707. The van der Waals surface area contributed by atoms with E-state index in [4.69, 9.17) is 14.2 Å². The number of sulfonamides is 1. The second kappa shape index (κ2) is 14.9. The number of hydrogen-bond acceptors (Lipinski definition) is 9. The van der Waals surface area contributed by atoms with E-state index in [1.54, 1.807) is 6.92 Å². The lowest BCUT2D eigenvalue weighted by molar-refractivity contribution is 0.0526. The molecule has 0 atom stereocenters. The van der Waals surface area contributed by atoms with Gasteiger partial charge in [0, 0.05) is 50.8 Å². The maximum atomic E-state index is 13.1. The lowest BCUT2D eigenvalue weighted by Gasteiger charge is -2.25. The van der Waals surface area contributed by atoms with Crippen molar-refractivity contribution >= 4 is 50.6 Å². The molecule has 10 nitrogen and oxygen atoms in total. The Kier molecular flexibility index (Phi) is 12.6. The molecule has 2 aromatic rings. The average Bonchev–Trinajstić information content (AvgIpc) is 3.25. The van der Waals surface area contributed by atoms with Crippen molar-refractivity contribution in [3.05, 3.63) is 45.8 Å². The Balaban J connectivity index is 0.00000507. The summed E-state index contributed by atoms with van der Waals surface area (Å²) in [4.78, 5) is 29.2. The van der Waals surface area contributed by atoms with Crippen LogP contribution in [0.2, 0.25) is 0 Å². The summed E-state index contributed by atoms with van der Waals surface area (Å²) in [7, 11) is -0.792. The van der Waals surface area contributed by atoms with Gasteiger partial charge in [0.05, 0.1) is 30.3 Å². The van der Waals surface area contributed by atoms with Crippen molar-refractivity contribution in [1.82, 2.24) is 9.21 Å². The Morgan fingerprint density at radius 3 is 2.26 bits per heavy atom. The molecule has 1 N–H and O–H groups in total. The van der Waals surface area contributed by atoms with Crippen LogP contribution in [0, 0.1) is 0 Å². The molecule has 1 aromatic heterocycles. The van der Waals surface area contributed by atoms with Gasteiger partial charge in [-0.15, -0.1) is 23.7 Å². The molecule has 212 valence electrons. The van der Waals surface area contributed by atoms with Crippen LogP contribution in [0.4, 0.5) is 5.00 Å². The van der Waals surface area contributed by atoms with Crippen LogP contribution in [0.5, 0.6) is 0 Å². The smallest absolute Gasteiger partial charge is 0.341 e. The fourth-order valence-electron chi connectivity index (χ4n) is 4.07. The van der Waals surface area contributed by atoms with E-state index in [0.717, 1.165) is 23.5 Å². The van der Waals surface area contributed by atoms with Crippen molar-refractivity contribution in [2.75, 3.05) is 65.5 Å². The van der Waals surface area contributed by atoms with Gasteiger partial charge in [0.1, 0.15) is 5.00 Å². The van der Waals surface area contributed by atoms with Gasteiger partial charge in [-0.2, -0.15) is 4.31 Å². The zero-order valence-corrected chi connectivity index (χ0v) is 24.6. The highest BCUT2D eigenvalue weighted by atomic mass is 35.5. The Morgan fingerprint density at radius 1 is 1.08 bits per heavy atom. The number of carbonyl (C=O) groups is 2. The number of ether oxygens (including phenoxy) is 3. The van der Waals surface area contributed by atoms with Crippen molar-refractivity contribution in [3.8, 4) is 0 Å². The van der Waals surface area contributed by atoms with E-state index in [1.165, 1.54) is 54.1 Å². The molecule has 0 saturated carbocycles. The summed E-state index contributed by atoms with van der Waals surface area (Å²) >= 11 is 1.38. The Bertz CT molecular complexity index is 1180. The van der Waals surface area contributed by atoms with Crippen LogP contribution in [-0.4, -0.2) is 89.7 Å². The number of esters is 1. The van der Waals surface area contributed by atoms with Gasteiger partial charge in [-0.3, -0.25) is 9.69 Å². The van der Waals surface area contributed by atoms with Crippen molar-refractivity contribution in [2.45, 2.75) is 31.7 Å². The molecule has 0 fully saturated rings. The van der Waals surface area contributed by atoms with Gasteiger partial charge >= 0.3 is 5.97 Å². The van der Waals surface area contributed by atoms with Gasteiger partial charge in [0.25, 0.3) is 5.91 Å². The Hall–Kier alpha value is -2.06. The highest BCUT2D eigenvalue weighted by Crippen LogP contribution is 2.38. The quantitative estimate of drug-likeness (QED) is 0.354. The van der Waals surface area contributed by atoms with E-state index < -0.39 is 21.9 Å². The van der Waals surface area contributed by atoms with E-state index in [2.05, 4.69) is 17.1 Å². The molecule has 3 rings (SSSR count). The summed E-state index contributed by atoms with van der Waals surface area (Å²) in [5.74, 6) is -0.884. The van der Waals surface area contributed by atoms with Crippen LogP contribution in [0.25, 0.3) is 0 Å². The number of likely N-dealkylation sites (N-methyl/N-ethyl adjacent to an activating group) is 1. The number of carbonyl (C=O) groups excluding carboxylic acids is 2. The molecule has 0 unspecified atom stereocenters. The molecule has 0 spiro atoms. The number of thiophene rings is 1. The van der Waals surface area contributed by atoms with Crippen LogP contribution in [0.1, 0.15) is 45.0 Å². The molecule has 0 bridgehead atoms. The zero-order valence-electron chi connectivity index (χ0n) is 22.2. The second-order valence-electron chi connectivity index (χ2n) is 8.42. The predicted octanol–water partition coefficient (Wildman–Crippen LogP) is 3.26. The maximum Gasteiger partial charge on any atom is 0.341 e. The number of methoxy groups -OCH3 is 2. The molecular formula is C25H36ClN3O7S2. The predicted molar refractivity (Wildman–Crippen MR) is 149 cm³/mol. The molecular weight excluding hydrogens is 554 g/mol. The third kappa shape index (κ3) is 7.53. The van der Waals surface area contributed by atoms with Crippen molar-refractivity contribution < 1.29 is 32.2 Å². The van der Waals surface area contributed by atoms with Gasteiger partial charge < -0.3 is 19.5 Å². The monoisotopic (exact) mass is 589 g/mol. The fourth-order valence-corrected chi connectivity index (χ4v) is 6.76. The van der Waals surface area contributed by atoms with Crippen LogP contribution in [0.15, 0.2) is 29.2 Å². The van der Waals surface area contributed by atoms with Crippen LogP contribution in [-0.2, 0) is 37.2 Å². The maximum absolute atomic E-state index is 13.1. The van der Waals surface area contributed by atoms with Gasteiger partial charge in [-0.25, -0.2) is 13.2 Å². The lowest BCUT2D eigenvalue weighted by atomic mass is 10.0. The first kappa shape index (κ1) is 32.2. The van der Waals surface area contributed by atoms with Crippen molar-refractivity contribution in [3.63, 3.8) is 0 Å². The number of amides is 1. The molecule has 1 amide bonds. The molecule has 0 saturated heterocycles. The molecule has 13 heteroatoms. The van der Waals surface area contributed by atoms with Gasteiger partial charge in [-0.1, -0.05) is 6.92 Å². The standard InChI is InChI=1S/C25H35N3O7S2.ClH/c1-5-27-12-11-20-21(17-27)36-24(22(20)25(30)35-6-2)26-23(29)18-7-9-19(10-8-18)37(31,32)28(13-15-33-3)14-16-34-4;/h7-10H,5-6,11-17H2,1-4H3,(H,26,29);1H. The first-order valence-electron chi connectivity index (χ1n) is 12.2. The summed E-state index contributed by atoms with van der Waals surface area (Å²) in [5, 5.41) is 3.31. The molecule has 1 aromatic carbocycles. The molecule has 0 aliphatic carbocycles. The Morgan fingerprint density at radius 2 is 1.71 bits per heavy atom. The van der Waals surface area contributed by atoms with Crippen molar-refractivity contribution in [1.29, 1.82) is 0 Å². The first-order chi connectivity index (χ1) is 17.8. The van der Waals surface area contributed by atoms with E-state index in [-0.39, 0.29) is 55.8 Å². The summed E-state index contributed by atoms with van der Waals surface area (Å²) < 4.78 is 42.9. The molecule has 1 aliphatic rings. The minimum Gasteiger partial charge on any atom is -0.462 e. The van der Waals surface area contributed by atoms with Crippen LogP contribution >= 0.6 is 23.7 Å².